The third kappa shape index (κ3) is 2.27. The molecule has 1 rings (SSSR count). The Hall–Kier alpha value is -1.46. The molecular formula is C8H8F3NO2. The molecule has 0 aliphatic carbocycles. The van der Waals surface area contributed by atoms with Crippen LogP contribution in [0.5, 0.6) is 0 Å². The molecule has 0 aliphatic rings. The predicted molar refractivity (Wildman–Crippen MR) is 41.8 cm³/mol. The van der Waals surface area contributed by atoms with Crippen molar-refractivity contribution in [3.05, 3.63) is 23.7 Å². The first kappa shape index (κ1) is 10.6. The molecule has 1 aromatic rings. The minimum Gasteiger partial charge on any atom is -0.459 e. The molecule has 1 unspecified atom stereocenters. The van der Waals surface area contributed by atoms with Crippen molar-refractivity contribution in [1.82, 2.24) is 0 Å². The molecule has 0 fully saturated rings. The van der Waals surface area contributed by atoms with E-state index in [4.69, 9.17) is 5.73 Å². The van der Waals surface area contributed by atoms with Crippen molar-refractivity contribution < 1.29 is 22.4 Å². The predicted octanol–water partition coefficient (Wildman–Crippen LogP) is 1.52. The zero-order chi connectivity index (χ0) is 10.7. The molecule has 0 aliphatic heterocycles. The highest BCUT2D eigenvalue weighted by Gasteiger charge is 2.23. The maximum atomic E-state index is 12.6. The van der Waals surface area contributed by atoms with Crippen LogP contribution in [0.3, 0.4) is 0 Å². The van der Waals surface area contributed by atoms with Crippen molar-refractivity contribution in [1.29, 1.82) is 0 Å². The zero-order valence-corrected chi connectivity index (χ0v) is 7.04. The van der Waals surface area contributed by atoms with Crippen LogP contribution in [0.4, 0.5) is 13.2 Å². The summed E-state index contributed by atoms with van der Waals surface area (Å²) in [7, 11) is 0. The lowest BCUT2D eigenvalue weighted by atomic mass is 10.1. The summed E-state index contributed by atoms with van der Waals surface area (Å²) >= 11 is 0. The molecule has 2 N–H and O–H groups in total. The maximum absolute atomic E-state index is 12.6. The van der Waals surface area contributed by atoms with E-state index in [1.165, 1.54) is 6.07 Å². The smallest absolute Gasteiger partial charge is 0.284 e. The van der Waals surface area contributed by atoms with E-state index < -0.39 is 24.9 Å². The number of carbonyl (C=O) groups excluding carboxylic acids is 1. The van der Waals surface area contributed by atoms with Crippen LogP contribution in [0.25, 0.3) is 0 Å². The molecule has 6 heteroatoms. The minimum atomic E-state index is -3.08. The largest absolute Gasteiger partial charge is 0.459 e. The van der Waals surface area contributed by atoms with Gasteiger partial charge < -0.3 is 10.2 Å². The van der Waals surface area contributed by atoms with Crippen LogP contribution in [0.2, 0.25) is 0 Å². The lowest BCUT2D eigenvalue weighted by Crippen LogP contribution is -2.18. The number of hydrogen-bond donors (Lipinski definition) is 1. The first-order valence-corrected chi connectivity index (χ1v) is 3.80. The molecule has 0 spiro atoms. The van der Waals surface area contributed by atoms with Gasteiger partial charge in [0, 0.05) is 12.0 Å². The number of nitrogens with two attached hydrogens (primary N) is 1. The summed E-state index contributed by atoms with van der Waals surface area (Å²) in [5, 5.41) is 0. The summed E-state index contributed by atoms with van der Waals surface area (Å²) < 4.78 is 40.9. The second kappa shape index (κ2) is 4.17. The number of carbonyl (C=O) groups is 1. The second-order valence-electron chi connectivity index (χ2n) is 2.69. The number of primary amides is 1. The summed E-state index contributed by atoms with van der Waals surface area (Å²) in [5.41, 5.74) is 4.93. The molecule has 1 amide bonds. The highest BCUT2D eigenvalue weighted by Crippen LogP contribution is 2.17. The van der Waals surface area contributed by atoms with Gasteiger partial charge in [-0.15, -0.1) is 0 Å². The summed E-state index contributed by atoms with van der Waals surface area (Å²) in [6, 6.07) is 1.25. The molecule has 0 saturated heterocycles. The van der Waals surface area contributed by atoms with Crippen molar-refractivity contribution in [3.8, 4) is 0 Å². The fourth-order valence-electron chi connectivity index (χ4n) is 1.01. The van der Waals surface area contributed by atoms with E-state index in [1.807, 2.05) is 0 Å². The second-order valence-corrected chi connectivity index (χ2v) is 2.69. The Morgan fingerprint density at radius 2 is 2.14 bits per heavy atom. The average molecular weight is 207 g/mol. The molecule has 3 nitrogen and oxygen atoms in total. The van der Waals surface area contributed by atoms with Gasteiger partial charge in [0.2, 0.25) is 0 Å². The summed E-state index contributed by atoms with van der Waals surface area (Å²) in [6.07, 6.45) is -4.86. The first-order valence-electron chi connectivity index (χ1n) is 3.80. The number of halogens is 3. The molecule has 14 heavy (non-hydrogen) atoms. The van der Waals surface area contributed by atoms with Gasteiger partial charge in [0.25, 0.3) is 12.3 Å². The van der Waals surface area contributed by atoms with Gasteiger partial charge in [-0.05, 0) is 6.07 Å². The fraction of sp³-hybridized carbons (Fsp3) is 0.375. The lowest BCUT2D eigenvalue weighted by molar-refractivity contribution is 0.0500. The number of furan rings is 1. The Morgan fingerprint density at radius 3 is 2.64 bits per heavy atom. The van der Waals surface area contributed by atoms with Crippen LogP contribution in [0, 0.1) is 0 Å². The number of amides is 1. The Kier molecular flexibility index (Phi) is 3.16. The van der Waals surface area contributed by atoms with E-state index in [0.29, 0.717) is 0 Å². The average Bonchev–Trinajstić information content (AvgIpc) is 2.52. The molecule has 1 heterocycles. The van der Waals surface area contributed by atoms with Gasteiger partial charge in [0.05, 0.1) is 6.26 Å². The molecule has 0 saturated carbocycles. The topological polar surface area (TPSA) is 56.2 Å². The highest BCUT2D eigenvalue weighted by molar-refractivity contribution is 5.91. The fourth-order valence-corrected chi connectivity index (χ4v) is 1.01. The SMILES string of the molecule is NC(=O)c1occc1CC(F)C(F)F. The van der Waals surface area contributed by atoms with Crippen LogP contribution < -0.4 is 5.73 Å². The van der Waals surface area contributed by atoms with Gasteiger partial charge in [-0.2, -0.15) is 0 Å². The molecule has 78 valence electrons. The van der Waals surface area contributed by atoms with Gasteiger partial charge in [-0.3, -0.25) is 4.79 Å². The monoisotopic (exact) mass is 207 g/mol. The molecule has 1 atom stereocenters. The standard InChI is InChI=1S/C8H8F3NO2/c9-5(7(10)11)3-4-1-2-14-6(4)8(12)13/h1-2,5,7H,3H2,(H2,12,13). The summed E-state index contributed by atoms with van der Waals surface area (Å²) in [4.78, 5) is 10.7. The van der Waals surface area contributed by atoms with E-state index in [2.05, 4.69) is 4.42 Å². The van der Waals surface area contributed by atoms with Gasteiger partial charge in [-0.25, -0.2) is 13.2 Å². The molecular weight excluding hydrogens is 199 g/mol. The van der Waals surface area contributed by atoms with Crippen molar-refractivity contribution in [3.63, 3.8) is 0 Å². The molecule has 0 radical (unpaired) electrons. The quantitative estimate of drug-likeness (QED) is 0.813. The number of alkyl halides is 3. The van der Waals surface area contributed by atoms with E-state index >= 15 is 0 Å². The molecule has 0 bridgehead atoms. The summed E-state index contributed by atoms with van der Waals surface area (Å²) in [6.45, 7) is 0. The van der Waals surface area contributed by atoms with Crippen LogP contribution in [0.15, 0.2) is 16.7 Å². The van der Waals surface area contributed by atoms with E-state index in [1.54, 1.807) is 0 Å². The minimum absolute atomic E-state index is 0.0605. The van der Waals surface area contributed by atoms with E-state index in [-0.39, 0.29) is 11.3 Å². The van der Waals surface area contributed by atoms with Crippen LogP contribution in [0.1, 0.15) is 16.1 Å². The van der Waals surface area contributed by atoms with Gasteiger partial charge >= 0.3 is 0 Å². The maximum Gasteiger partial charge on any atom is 0.284 e. The highest BCUT2D eigenvalue weighted by atomic mass is 19.3. The Morgan fingerprint density at radius 1 is 1.50 bits per heavy atom. The van der Waals surface area contributed by atoms with E-state index in [9.17, 15) is 18.0 Å². The Bertz CT molecular complexity index is 324. The van der Waals surface area contributed by atoms with Gasteiger partial charge in [-0.1, -0.05) is 0 Å². The third-order valence-corrected chi connectivity index (χ3v) is 1.66. The van der Waals surface area contributed by atoms with Crippen molar-refractivity contribution >= 4 is 5.91 Å². The van der Waals surface area contributed by atoms with Crippen molar-refractivity contribution in [2.45, 2.75) is 19.0 Å². The van der Waals surface area contributed by atoms with Crippen LogP contribution >= 0.6 is 0 Å². The zero-order valence-electron chi connectivity index (χ0n) is 7.04. The lowest BCUT2D eigenvalue weighted by Gasteiger charge is -2.05. The van der Waals surface area contributed by atoms with Gasteiger partial charge in [0.1, 0.15) is 0 Å². The van der Waals surface area contributed by atoms with Crippen LogP contribution in [-0.4, -0.2) is 18.5 Å². The number of hydrogen-bond acceptors (Lipinski definition) is 2. The van der Waals surface area contributed by atoms with Crippen molar-refractivity contribution in [2.24, 2.45) is 5.73 Å². The van der Waals surface area contributed by atoms with E-state index in [0.717, 1.165) is 6.26 Å². The Balaban J connectivity index is 2.76. The summed E-state index contributed by atoms with van der Waals surface area (Å²) in [5.74, 6) is -1.17. The number of rotatable bonds is 4. The third-order valence-electron chi connectivity index (χ3n) is 1.66. The van der Waals surface area contributed by atoms with Crippen molar-refractivity contribution in [2.75, 3.05) is 0 Å². The van der Waals surface area contributed by atoms with Gasteiger partial charge in [0.15, 0.2) is 11.9 Å². The molecule has 1 aromatic heterocycles. The van der Waals surface area contributed by atoms with Crippen LogP contribution in [-0.2, 0) is 6.42 Å². The molecule has 0 aromatic carbocycles. The normalized spacial score (nSPS) is 13.1. The Labute approximate surface area is 77.7 Å². The first-order chi connectivity index (χ1) is 6.52.